The zero-order valence-electron chi connectivity index (χ0n) is 14.3. The minimum Gasteiger partial charge on any atom is -0.495 e. The van der Waals surface area contributed by atoms with Crippen molar-refractivity contribution in [2.24, 2.45) is 0 Å². The van der Waals surface area contributed by atoms with Gasteiger partial charge in [-0.15, -0.1) is 0 Å². The highest BCUT2D eigenvalue weighted by atomic mass is 16.5. The number of hydrogen-bond donors (Lipinski definition) is 1. The maximum absolute atomic E-state index is 11.9. The number of rotatable bonds is 4. The summed E-state index contributed by atoms with van der Waals surface area (Å²) in [4.78, 5) is 16.2. The van der Waals surface area contributed by atoms with Gasteiger partial charge in [0.1, 0.15) is 5.75 Å². The Morgan fingerprint density at radius 2 is 2.00 bits per heavy atom. The van der Waals surface area contributed by atoms with Gasteiger partial charge in [-0.2, -0.15) is 0 Å². The van der Waals surface area contributed by atoms with E-state index >= 15 is 0 Å². The molecule has 0 aromatic heterocycles. The molecule has 2 heterocycles. The topological polar surface area (TPSA) is 44.8 Å². The van der Waals surface area contributed by atoms with Gasteiger partial charge in [-0.3, -0.25) is 4.79 Å². The van der Waals surface area contributed by atoms with E-state index in [4.69, 9.17) is 4.74 Å². The van der Waals surface area contributed by atoms with Gasteiger partial charge in [-0.1, -0.05) is 6.07 Å². The molecule has 5 nitrogen and oxygen atoms in total. The van der Waals surface area contributed by atoms with Crippen LogP contribution in [0.4, 0.5) is 5.69 Å². The van der Waals surface area contributed by atoms with Crippen LogP contribution in [0.25, 0.3) is 0 Å². The van der Waals surface area contributed by atoms with Crippen LogP contribution in [0.15, 0.2) is 18.2 Å². The zero-order valence-corrected chi connectivity index (χ0v) is 14.3. The number of anilines is 1. The van der Waals surface area contributed by atoms with Gasteiger partial charge in [0.05, 0.1) is 12.8 Å². The highest BCUT2D eigenvalue weighted by molar-refractivity contribution is 5.78. The molecule has 2 aliphatic rings. The summed E-state index contributed by atoms with van der Waals surface area (Å²) in [5.74, 6) is 1.18. The maximum atomic E-state index is 11.9. The SMILES string of the molecule is COc1ccc(CN2CCCC2=O)cc1N1CC(C)NC(C)C1. The molecule has 0 bridgehead atoms. The van der Waals surface area contributed by atoms with Crippen LogP contribution in [0, 0.1) is 0 Å². The van der Waals surface area contributed by atoms with Gasteiger partial charge in [0.25, 0.3) is 0 Å². The quantitative estimate of drug-likeness (QED) is 0.922. The van der Waals surface area contributed by atoms with Crippen molar-refractivity contribution >= 4 is 11.6 Å². The van der Waals surface area contributed by atoms with E-state index in [1.807, 2.05) is 11.0 Å². The Kier molecular flexibility index (Phi) is 4.76. The van der Waals surface area contributed by atoms with E-state index in [0.29, 0.717) is 25.0 Å². The Bertz CT molecular complexity index is 565. The smallest absolute Gasteiger partial charge is 0.222 e. The van der Waals surface area contributed by atoms with Crippen molar-refractivity contribution in [3.05, 3.63) is 23.8 Å². The lowest BCUT2D eigenvalue weighted by Crippen LogP contribution is -2.54. The van der Waals surface area contributed by atoms with E-state index < -0.39 is 0 Å². The summed E-state index contributed by atoms with van der Waals surface area (Å²) in [6.07, 6.45) is 1.67. The summed E-state index contributed by atoms with van der Waals surface area (Å²) in [6, 6.07) is 7.19. The van der Waals surface area contributed by atoms with E-state index in [0.717, 1.165) is 37.5 Å². The molecule has 0 aliphatic carbocycles. The molecule has 0 saturated carbocycles. The third kappa shape index (κ3) is 3.61. The van der Waals surface area contributed by atoms with Crippen LogP contribution in [-0.2, 0) is 11.3 Å². The Hall–Kier alpha value is -1.75. The second-order valence-electron chi connectivity index (χ2n) is 6.80. The Morgan fingerprint density at radius 3 is 2.61 bits per heavy atom. The highest BCUT2D eigenvalue weighted by Gasteiger charge is 2.25. The predicted octanol–water partition coefficient (Wildman–Crippen LogP) is 2.00. The Labute approximate surface area is 138 Å². The largest absolute Gasteiger partial charge is 0.495 e. The maximum Gasteiger partial charge on any atom is 0.222 e. The van der Waals surface area contributed by atoms with Crippen LogP contribution in [0.2, 0.25) is 0 Å². The van der Waals surface area contributed by atoms with E-state index in [9.17, 15) is 4.79 Å². The number of amides is 1. The second-order valence-corrected chi connectivity index (χ2v) is 6.80. The summed E-state index contributed by atoms with van der Waals surface area (Å²) < 4.78 is 5.57. The van der Waals surface area contributed by atoms with Gasteiger partial charge in [0.15, 0.2) is 0 Å². The number of hydrogen-bond acceptors (Lipinski definition) is 4. The molecular formula is C18H27N3O2. The second kappa shape index (κ2) is 6.79. The lowest BCUT2D eigenvalue weighted by molar-refractivity contribution is -0.128. The van der Waals surface area contributed by atoms with E-state index in [2.05, 4.69) is 36.2 Å². The normalized spacial score (nSPS) is 25.1. The van der Waals surface area contributed by atoms with Crippen LogP contribution in [0.1, 0.15) is 32.3 Å². The molecule has 2 fully saturated rings. The molecule has 0 spiro atoms. The van der Waals surface area contributed by atoms with E-state index in [-0.39, 0.29) is 5.91 Å². The average molecular weight is 317 g/mol. The van der Waals surface area contributed by atoms with E-state index in [1.165, 1.54) is 5.56 Å². The lowest BCUT2D eigenvalue weighted by Gasteiger charge is -2.38. The fourth-order valence-electron chi connectivity index (χ4n) is 3.70. The Balaban J connectivity index is 1.82. The number of likely N-dealkylation sites (tertiary alicyclic amines) is 1. The van der Waals surface area contributed by atoms with Crippen molar-refractivity contribution < 1.29 is 9.53 Å². The molecule has 1 N–H and O–H groups in total. The molecule has 2 aliphatic heterocycles. The number of methoxy groups -OCH3 is 1. The molecule has 2 atom stereocenters. The van der Waals surface area contributed by atoms with Gasteiger partial charge < -0.3 is 19.9 Å². The number of ether oxygens (including phenoxy) is 1. The summed E-state index contributed by atoms with van der Waals surface area (Å²) in [5.41, 5.74) is 2.31. The standard InChI is InChI=1S/C18H27N3O2/c1-13-10-21(11-14(2)19-13)16-9-15(6-7-17(16)23-3)12-20-8-4-5-18(20)22/h6-7,9,13-14,19H,4-5,8,10-12H2,1-3H3. The first-order chi connectivity index (χ1) is 11.1. The Morgan fingerprint density at radius 1 is 1.26 bits per heavy atom. The van der Waals surface area contributed by atoms with Crippen molar-refractivity contribution in [1.82, 2.24) is 10.2 Å². The van der Waals surface area contributed by atoms with Crippen molar-refractivity contribution in [3.8, 4) is 5.75 Å². The van der Waals surface area contributed by atoms with Gasteiger partial charge in [0, 0.05) is 44.7 Å². The van der Waals surface area contributed by atoms with Crippen LogP contribution < -0.4 is 15.0 Å². The van der Waals surface area contributed by atoms with Crippen LogP contribution in [0.3, 0.4) is 0 Å². The summed E-state index contributed by atoms with van der Waals surface area (Å²) in [6.45, 7) is 7.93. The number of carbonyl (C=O) groups excluding carboxylic acids is 1. The molecule has 1 aromatic rings. The summed E-state index contributed by atoms with van der Waals surface area (Å²) in [7, 11) is 1.72. The van der Waals surface area contributed by atoms with Crippen molar-refractivity contribution in [2.75, 3.05) is 31.6 Å². The van der Waals surface area contributed by atoms with Crippen LogP contribution in [0.5, 0.6) is 5.75 Å². The molecule has 3 rings (SSSR count). The van der Waals surface area contributed by atoms with Gasteiger partial charge >= 0.3 is 0 Å². The average Bonchev–Trinajstić information content (AvgIpc) is 2.91. The molecule has 0 radical (unpaired) electrons. The number of nitrogens with one attached hydrogen (secondary N) is 1. The molecule has 1 aromatic carbocycles. The molecule has 23 heavy (non-hydrogen) atoms. The first-order valence-corrected chi connectivity index (χ1v) is 8.52. The van der Waals surface area contributed by atoms with Crippen LogP contribution >= 0.6 is 0 Å². The number of piperazine rings is 1. The molecular weight excluding hydrogens is 290 g/mol. The molecule has 2 saturated heterocycles. The van der Waals surface area contributed by atoms with Crippen LogP contribution in [-0.4, -0.2) is 49.6 Å². The number of benzene rings is 1. The molecule has 126 valence electrons. The fourth-order valence-corrected chi connectivity index (χ4v) is 3.70. The number of carbonyl (C=O) groups is 1. The monoisotopic (exact) mass is 317 g/mol. The van der Waals surface area contributed by atoms with Gasteiger partial charge in [0.2, 0.25) is 5.91 Å². The molecule has 2 unspecified atom stereocenters. The van der Waals surface area contributed by atoms with Gasteiger partial charge in [-0.25, -0.2) is 0 Å². The first-order valence-electron chi connectivity index (χ1n) is 8.52. The summed E-state index contributed by atoms with van der Waals surface area (Å²) in [5, 5.41) is 3.56. The lowest BCUT2D eigenvalue weighted by atomic mass is 10.1. The zero-order chi connectivity index (χ0) is 16.4. The van der Waals surface area contributed by atoms with E-state index in [1.54, 1.807) is 7.11 Å². The first kappa shape index (κ1) is 16.1. The van der Waals surface area contributed by atoms with Crippen molar-refractivity contribution in [2.45, 2.75) is 45.3 Å². The number of nitrogens with zero attached hydrogens (tertiary/aromatic N) is 2. The third-order valence-electron chi connectivity index (χ3n) is 4.69. The predicted molar refractivity (Wildman–Crippen MR) is 91.9 cm³/mol. The third-order valence-corrected chi connectivity index (χ3v) is 4.69. The minimum absolute atomic E-state index is 0.270. The fraction of sp³-hybridized carbons (Fsp3) is 0.611. The van der Waals surface area contributed by atoms with Crippen molar-refractivity contribution in [3.63, 3.8) is 0 Å². The summed E-state index contributed by atoms with van der Waals surface area (Å²) >= 11 is 0. The molecule has 5 heteroatoms. The minimum atomic E-state index is 0.270. The van der Waals surface area contributed by atoms with Gasteiger partial charge in [-0.05, 0) is 38.0 Å². The molecule has 1 amide bonds. The van der Waals surface area contributed by atoms with Crippen molar-refractivity contribution in [1.29, 1.82) is 0 Å². The highest BCUT2D eigenvalue weighted by Crippen LogP contribution is 2.31.